The van der Waals surface area contributed by atoms with Crippen LogP contribution in [-0.4, -0.2) is 66.0 Å². The van der Waals surface area contributed by atoms with Crippen molar-refractivity contribution in [3.63, 3.8) is 0 Å². The molecule has 2 aliphatic rings. The number of nitrogens with zero attached hydrogens (tertiary/aromatic N) is 2. The normalized spacial score (nSPS) is 19.1. The van der Waals surface area contributed by atoms with Crippen LogP contribution in [0.5, 0.6) is 0 Å². The fourth-order valence-electron chi connectivity index (χ4n) is 4.23. The standard InChI is InChI=1S/C24H35N3O4/c1-24(2,3)31-23(30)25-16-18-12-15-26(17-18)13-8-4-5-9-14-27-21(28)19-10-6-7-11-20(19)22(27)29/h6-7,10-11,18H,4-5,8-9,12-17H2,1-3H3,(H,25,30)/t18-/m0/s1. The number of imide groups is 1. The summed E-state index contributed by atoms with van der Waals surface area (Å²) in [6.07, 6.45) is 4.78. The molecule has 1 aromatic rings. The fourth-order valence-corrected chi connectivity index (χ4v) is 4.23. The Morgan fingerprint density at radius 1 is 1.03 bits per heavy atom. The molecule has 7 heteroatoms. The molecule has 2 aliphatic heterocycles. The summed E-state index contributed by atoms with van der Waals surface area (Å²) in [5, 5.41) is 2.88. The van der Waals surface area contributed by atoms with Crippen molar-refractivity contribution in [2.24, 2.45) is 5.92 Å². The maximum Gasteiger partial charge on any atom is 0.407 e. The molecular formula is C24H35N3O4. The van der Waals surface area contributed by atoms with Crippen LogP contribution in [0.2, 0.25) is 0 Å². The Morgan fingerprint density at radius 2 is 1.65 bits per heavy atom. The van der Waals surface area contributed by atoms with Crippen molar-refractivity contribution in [1.29, 1.82) is 0 Å². The number of hydrogen-bond donors (Lipinski definition) is 1. The topological polar surface area (TPSA) is 79.0 Å². The number of amides is 3. The van der Waals surface area contributed by atoms with Gasteiger partial charge in [-0.1, -0.05) is 25.0 Å². The molecule has 1 N–H and O–H groups in total. The highest BCUT2D eigenvalue weighted by molar-refractivity contribution is 6.21. The molecule has 1 fully saturated rings. The van der Waals surface area contributed by atoms with Gasteiger partial charge in [-0.15, -0.1) is 0 Å². The van der Waals surface area contributed by atoms with Gasteiger partial charge in [0.25, 0.3) is 11.8 Å². The smallest absolute Gasteiger partial charge is 0.407 e. The monoisotopic (exact) mass is 429 g/mol. The van der Waals surface area contributed by atoms with E-state index in [0.29, 0.717) is 30.1 Å². The summed E-state index contributed by atoms with van der Waals surface area (Å²) in [5.41, 5.74) is 0.583. The molecule has 2 heterocycles. The number of unbranched alkanes of at least 4 members (excludes halogenated alkanes) is 3. The molecule has 3 amide bonds. The lowest BCUT2D eigenvalue weighted by atomic mass is 10.1. The highest BCUT2D eigenvalue weighted by atomic mass is 16.6. The molecule has 0 radical (unpaired) electrons. The Morgan fingerprint density at radius 3 is 2.26 bits per heavy atom. The number of alkyl carbamates (subject to hydrolysis) is 1. The number of carbonyl (C=O) groups excluding carboxylic acids is 3. The van der Waals surface area contributed by atoms with Gasteiger partial charge in [-0.25, -0.2) is 4.79 Å². The molecule has 7 nitrogen and oxygen atoms in total. The van der Waals surface area contributed by atoms with Crippen LogP contribution in [-0.2, 0) is 4.74 Å². The van der Waals surface area contributed by atoms with Crippen LogP contribution in [0.15, 0.2) is 24.3 Å². The van der Waals surface area contributed by atoms with Gasteiger partial charge in [0.1, 0.15) is 5.60 Å². The van der Waals surface area contributed by atoms with E-state index in [0.717, 1.165) is 51.7 Å². The van der Waals surface area contributed by atoms with E-state index in [1.54, 1.807) is 24.3 Å². The molecule has 0 aliphatic carbocycles. The molecule has 0 aromatic heterocycles. The summed E-state index contributed by atoms with van der Waals surface area (Å²) >= 11 is 0. The van der Waals surface area contributed by atoms with Crippen molar-refractivity contribution in [2.75, 3.05) is 32.7 Å². The minimum atomic E-state index is -0.467. The molecule has 1 saturated heterocycles. The second-order valence-electron chi connectivity index (χ2n) is 9.56. The van der Waals surface area contributed by atoms with Crippen LogP contribution in [0, 0.1) is 5.92 Å². The summed E-state index contributed by atoms with van der Waals surface area (Å²) < 4.78 is 5.29. The molecule has 3 rings (SSSR count). The number of nitrogens with one attached hydrogen (secondary N) is 1. The minimum Gasteiger partial charge on any atom is -0.444 e. The lowest BCUT2D eigenvalue weighted by Crippen LogP contribution is -2.36. The van der Waals surface area contributed by atoms with Gasteiger partial charge in [0.2, 0.25) is 0 Å². The van der Waals surface area contributed by atoms with Gasteiger partial charge >= 0.3 is 6.09 Å². The zero-order chi connectivity index (χ0) is 22.4. The van der Waals surface area contributed by atoms with Gasteiger partial charge in [0, 0.05) is 19.6 Å². The second-order valence-corrected chi connectivity index (χ2v) is 9.56. The number of hydrogen-bond acceptors (Lipinski definition) is 5. The Hall–Kier alpha value is -2.41. The lowest BCUT2D eigenvalue weighted by Gasteiger charge is -2.21. The Kier molecular flexibility index (Phi) is 7.70. The first-order valence-corrected chi connectivity index (χ1v) is 11.4. The summed E-state index contributed by atoms with van der Waals surface area (Å²) in [6.45, 7) is 9.87. The number of fused-ring (bicyclic) bond motifs is 1. The third-order valence-corrected chi connectivity index (χ3v) is 5.79. The summed E-state index contributed by atoms with van der Waals surface area (Å²) in [7, 11) is 0. The number of benzene rings is 1. The van der Waals surface area contributed by atoms with Gasteiger partial charge in [-0.2, -0.15) is 0 Å². The summed E-state index contributed by atoms with van der Waals surface area (Å²) in [6, 6.07) is 7.04. The average Bonchev–Trinajstić information content (AvgIpc) is 3.26. The van der Waals surface area contributed by atoms with E-state index in [-0.39, 0.29) is 17.9 Å². The van der Waals surface area contributed by atoms with Crippen molar-refractivity contribution in [3.05, 3.63) is 35.4 Å². The van der Waals surface area contributed by atoms with Crippen molar-refractivity contribution in [3.8, 4) is 0 Å². The average molecular weight is 430 g/mol. The Labute approximate surface area is 185 Å². The number of likely N-dealkylation sites (tertiary alicyclic amines) is 1. The molecule has 170 valence electrons. The van der Waals surface area contributed by atoms with Crippen LogP contribution in [0.1, 0.15) is 73.6 Å². The van der Waals surface area contributed by atoms with E-state index in [9.17, 15) is 14.4 Å². The van der Waals surface area contributed by atoms with Gasteiger partial charge in [0.05, 0.1) is 11.1 Å². The quantitative estimate of drug-likeness (QED) is 0.478. The number of rotatable bonds is 9. The van der Waals surface area contributed by atoms with E-state index in [1.807, 2.05) is 20.8 Å². The summed E-state index contributed by atoms with van der Waals surface area (Å²) in [4.78, 5) is 40.3. The molecule has 0 spiro atoms. The molecule has 31 heavy (non-hydrogen) atoms. The predicted molar refractivity (Wildman–Crippen MR) is 119 cm³/mol. The predicted octanol–water partition coefficient (Wildman–Crippen LogP) is 3.69. The zero-order valence-electron chi connectivity index (χ0n) is 19.0. The van der Waals surface area contributed by atoms with E-state index in [1.165, 1.54) is 4.90 Å². The van der Waals surface area contributed by atoms with Gasteiger partial charge in [0.15, 0.2) is 0 Å². The molecule has 1 aromatic carbocycles. The van der Waals surface area contributed by atoms with Crippen LogP contribution in [0.4, 0.5) is 4.79 Å². The van der Waals surface area contributed by atoms with Gasteiger partial charge in [-0.05, 0) is 71.2 Å². The molecular weight excluding hydrogens is 394 g/mol. The van der Waals surface area contributed by atoms with E-state index in [2.05, 4.69) is 10.2 Å². The molecule has 0 unspecified atom stereocenters. The van der Waals surface area contributed by atoms with Crippen LogP contribution in [0.25, 0.3) is 0 Å². The lowest BCUT2D eigenvalue weighted by molar-refractivity contribution is 0.0518. The molecule has 0 bridgehead atoms. The third kappa shape index (κ3) is 6.53. The van der Waals surface area contributed by atoms with E-state index in [4.69, 9.17) is 4.74 Å². The van der Waals surface area contributed by atoms with Crippen LogP contribution >= 0.6 is 0 Å². The van der Waals surface area contributed by atoms with Crippen molar-refractivity contribution >= 4 is 17.9 Å². The third-order valence-electron chi connectivity index (χ3n) is 5.79. The molecule has 1 atom stereocenters. The van der Waals surface area contributed by atoms with Crippen molar-refractivity contribution in [2.45, 2.75) is 58.5 Å². The fraction of sp³-hybridized carbons (Fsp3) is 0.625. The van der Waals surface area contributed by atoms with Crippen molar-refractivity contribution < 1.29 is 19.1 Å². The van der Waals surface area contributed by atoms with Crippen molar-refractivity contribution in [1.82, 2.24) is 15.1 Å². The number of carbonyl (C=O) groups is 3. The Bertz CT molecular complexity index is 767. The Balaban J connectivity index is 1.25. The summed E-state index contributed by atoms with van der Waals surface area (Å²) in [5.74, 6) is 0.147. The highest BCUT2D eigenvalue weighted by Crippen LogP contribution is 2.23. The zero-order valence-corrected chi connectivity index (χ0v) is 19.0. The van der Waals surface area contributed by atoms with Crippen LogP contribution < -0.4 is 5.32 Å². The first kappa shape index (κ1) is 23.3. The highest BCUT2D eigenvalue weighted by Gasteiger charge is 2.34. The van der Waals surface area contributed by atoms with Crippen LogP contribution in [0.3, 0.4) is 0 Å². The van der Waals surface area contributed by atoms with Gasteiger partial charge in [-0.3, -0.25) is 14.5 Å². The maximum atomic E-state index is 12.4. The first-order chi connectivity index (χ1) is 14.7. The maximum absolute atomic E-state index is 12.4. The van der Waals surface area contributed by atoms with E-state index < -0.39 is 5.60 Å². The largest absolute Gasteiger partial charge is 0.444 e. The van der Waals surface area contributed by atoms with Gasteiger partial charge < -0.3 is 15.0 Å². The molecule has 0 saturated carbocycles. The first-order valence-electron chi connectivity index (χ1n) is 11.4. The second kappa shape index (κ2) is 10.3. The number of ether oxygens (including phenoxy) is 1. The minimum absolute atomic E-state index is 0.163. The van der Waals surface area contributed by atoms with E-state index >= 15 is 0 Å². The SMILES string of the molecule is CC(C)(C)OC(=O)NC[C@@H]1CCN(CCCCCCN2C(=O)c3ccccc3C2=O)C1.